The minimum atomic E-state index is 1.18. The second kappa shape index (κ2) is 8.08. The van der Waals surface area contributed by atoms with Gasteiger partial charge in [0.2, 0.25) is 0 Å². The molecule has 0 aliphatic rings. The molecule has 0 N–H and O–H groups in total. The molecule has 0 saturated heterocycles. The molecule has 0 spiro atoms. The predicted molar refractivity (Wildman–Crippen MR) is 170 cm³/mol. The van der Waals surface area contributed by atoms with Gasteiger partial charge in [-0.25, -0.2) is 0 Å². The number of nitrogens with zero attached hydrogens (tertiary/aromatic N) is 2. The van der Waals surface area contributed by atoms with Gasteiger partial charge in [0.25, 0.3) is 0 Å². The van der Waals surface area contributed by atoms with E-state index < -0.39 is 0 Å². The van der Waals surface area contributed by atoms with E-state index in [9.17, 15) is 0 Å². The Hall–Kier alpha value is -5.34. The van der Waals surface area contributed by atoms with Crippen molar-refractivity contribution >= 4 is 65.2 Å². The Labute approximate surface area is 230 Å². The average molecular weight is 509 g/mol. The number of hydrogen-bond acceptors (Lipinski definition) is 0. The van der Waals surface area contributed by atoms with Crippen molar-refractivity contribution in [3.05, 3.63) is 146 Å². The van der Waals surface area contributed by atoms with Crippen LogP contribution in [-0.4, -0.2) is 9.13 Å². The lowest BCUT2D eigenvalue weighted by Crippen LogP contribution is -1.95. The first-order valence-electron chi connectivity index (χ1n) is 13.8. The molecule has 0 aliphatic heterocycles. The van der Waals surface area contributed by atoms with E-state index in [0.29, 0.717) is 0 Å². The van der Waals surface area contributed by atoms with Crippen molar-refractivity contribution in [3.63, 3.8) is 0 Å². The third-order valence-electron chi connectivity index (χ3n) is 8.44. The van der Waals surface area contributed by atoms with E-state index in [4.69, 9.17) is 0 Å². The summed E-state index contributed by atoms with van der Waals surface area (Å²) in [6, 6.07) is 53.0. The number of hydrogen-bond donors (Lipinski definition) is 0. The molecule has 0 amide bonds. The summed E-state index contributed by atoms with van der Waals surface area (Å²) in [6.45, 7) is 0. The lowest BCUT2D eigenvalue weighted by Gasteiger charge is -2.10. The first-order chi connectivity index (χ1) is 19.8. The third kappa shape index (κ3) is 2.93. The Kier molecular flexibility index (Phi) is 4.36. The summed E-state index contributed by atoms with van der Waals surface area (Å²) in [4.78, 5) is 0. The highest BCUT2D eigenvalue weighted by Gasteiger charge is 2.21. The van der Waals surface area contributed by atoms with Gasteiger partial charge < -0.3 is 9.13 Å². The molecule has 40 heavy (non-hydrogen) atoms. The van der Waals surface area contributed by atoms with E-state index >= 15 is 0 Å². The Morgan fingerprint density at radius 2 is 0.875 bits per heavy atom. The van der Waals surface area contributed by atoms with E-state index in [1.807, 2.05) is 0 Å². The van der Waals surface area contributed by atoms with E-state index in [1.165, 1.54) is 76.5 Å². The highest BCUT2D eigenvalue weighted by atomic mass is 15.0. The molecular weight excluding hydrogens is 484 g/mol. The summed E-state index contributed by atoms with van der Waals surface area (Å²) in [5, 5.41) is 10.2. The van der Waals surface area contributed by atoms with Gasteiger partial charge in [-0.2, -0.15) is 0 Å². The van der Waals surface area contributed by atoms with Gasteiger partial charge >= 0.3 is 0 Å². The van der Waals surface area contributed by atoms with E-state index in [0.717, 1.165) is 0 Å². The molecule has 0 fully saturated rings. The van der Waals surface area contributed by atoms with Crippen molar-refractivity contribution in [2.24, 2.45) is 0 Å². The molecule has 0 unspecified atom stereocenters. The molecule has 7 aromatic carbocycles. The summed E-state index contributed by atoms with van der Waals surface area (Å²) in [5.41, 5.74) is 7.27. The molecule has 9 aromatic rings. The van der Waals surface area contributed by atoms with Gasteiger partial charge in [-0.15, -0.1) is 0 Å². The Morgan fingerprint density at radius 1 is 0.300 bits per heavy atom. The number of rotatable bonds is 2. The van der Waals surface area contributed by atoms with Crippen molar-refractivity contribution in [1.82, 2.24) is 9.13 Å². The maximum atomic E-state index is 2.46. The fourth-order valence-electron chi connectivity index (χ4n) is 6.70. The zero-order chi connectivity index (χ0) is 26.2. The average Bonchev–Trinajstić information content (AvgIpc) is 3.52. The molecule has 0 radical (unpaired) electrons. The monoisotopic (exact) mass is 508 g/mol. The second-order valence-electron chi connectivity index (χ2n) is 10.6. The number of aromatic nitrogens is 2. The number of benzene rings is 7. The van der Waals surface area contributed by atoms with Gasteiger partial charge in [0.15, 0.2) is 0 Å². The van der Waals surface area contributed by atoms with Crippen LogP contribution in [0, 0.1) is 0 Å². The molecule has 0 saturated carbocycles. The van der Waals surface area contributed by atoms with Crippen LogP contribution >= 0.6 is 0 Å². The standard InChI is InChI=1S/C38H24N2/c1-2-14-29(15-3-1)39-33-17-9-8-16-31(33)37-34(39)20-21-35-38(37)32-23-27-12-6-7-13-28(27)24-36(32)40(35)30-19-18-25-10-4-5-11-26(25)22-30/h1-24H. The topological polar surface area (TPSA) is 9.86 Å². The first-order valence-corrected chi connectivity index (χ1v) is 13.8. The van der Waals surface area contributed by atoms with Crippen LogP contribution in [0.2, 0.25) is 0 Å². The van der Waals surface area contributed by atoms with Gasteiger partial charge in [0.05, 0.1) is 22.1 Å². The van der Waals surface area contributed by atoms with Gasteiger partial charge in [0, 0.05) is 32.9 Å². The van der Waals surface area contributed by atoms with Crippen LogP contribution in [0.1, 0.15) is 0 Å². The van der Waals surface area contributed by atoms with Crippen molar-refractivity contribution in [2.45, 2.75) is 0 Å². The van der Waals surface area contributed by atoms with E-state index in [-0.39, 0.29) is 0 Å². The molecule has 0 atom stereocenters. The summed E-state index contributed by atoms with van der Waals surface area (Å²) in [7, 11) is 0. The molecule has 9 rings (SSSR count). The molecule has 0 aliphatic carbocycles. The molecule has 0 bridgehead atoms. The van der Waals surface area contributed by atoms with Gasteiger partial charge in [-0.05, 0) is 76.1 Å². The predicted octanol–water partition coefficient (Wildman–Crippen LogP) is 10.2. The Morgan fingerprint density at radius 3 is 1.65 bits per heavy atom. The minimum Gasteiger partial charge on any atom is -0.309 e. The van der Waals surface area contributed by atoms with Crippen LogP contribution < -0.4 is 0 Å². The molecule has 186 valence electrons. The highest BCUT2D eigenvalue weighted by molar-refractivity contribution is 6.30. The normalized spacial score (nSPS) is 12.0. The second-order valence-corrected chi connectivity index (χ2v) is 10.6. The quantitative estimate of drug-likeness (QED) is 0.220. The maximum Gasteiger partial charge on any atom is 0.0548 e. The summed E-state index contributed by atoms with van der Waals surface area (Å²) < 4.78 is 4.86. The lowest BCUT2D eigenvalue weighted by molar-refractivity contribution is 1.17. The van der Waals surface area contributed by atoms with Gasteiger partial charge in [-0.1, -0.05) is 91.0 Å². The van der Waals surface area contributed by atoms with Crippen molar-refractivity contribution in [1.29, 1.82) is 0 Å². The summed E-state index contributed by atoms with van der Waals surface area (Å²) in [5.74, 6) is 0. The summed E-state index contributed by atoms with van der Waals surface area (Å²) >= 11 is 0. The Balaban J connectivity index is 1.51. The minimum absolute atomic E-state index is 1.18. The van der Waals surface area contributed by atoms with Crippen LogP contribution in [0.4, 0.5) is 0 Å². The SMILES string of the molecule is c1ccc(-n2c3ccccc3c3c4c5cc6ccccc6cc5n(-c5ccc6ccccc6c5)c4ccc32)cc1. The molecule has 2 nitrogen and oxygen atoms in total. The molecule has 2 aromatic heterocycles. The van der Waals surface area contributed by atoms with E-state index in [1.54, 1.807) is 0 Å². The van der Waals surface area contributed by atoms with Gasteiger partial charge in [0.1, 0.15) is 0 Å². The largest absolute Gasteiger partial charge is 0.309 e. The van der Waals surface area contributed by atoms with Crippen molar-refractivity contribution in [3.8, 4) is 11.4 Å². The van der Waals surface area contributed by atoms with E-state index in [2.05, 4.69) is 155 Å². The van der Waals surface area contributed by atoms with Crippen LogP contribution in [-0.2, 0) is 0 Å². The lowest BCUT2D eigenvalue weighted by atomic mass is 10.0. The van der Waals surface area contributed by atoms with Crippen LogP contribution in [0.5, 0.6) is 0 Å². The first kappa shape index (κ1) is 21.6. The van der Waals surface area contributed by atoms with Crippen LogP contribution in [0.3, 0.4) is 0 Å². The van der Waals surface area contributed by atoms with Crippen molar-refractivity contribution < 1.29 is 0 Å². The highest BCUT2D eigenvalue weighted by Crippen LogP contribution is 2.43. The fraction of sp³-hybridized carbons (Fsp3) is 0. The fourth-order valence-corrected chi connectivity index (χ4v) is 6.70. The van der Waals surface area contributed by atoms with Crippen LogP contribution in [0.15, 0.2) is 146 Å². The molecular formula is C38H24N2. The molecule has 2 heterocycles. The third-order valence-corrected chi connectivity index (χ3v) is 8.44. The smallest absolute Gasteiger partial charge is 0.0548 e. The van der Waals surface area contributed by atoms with Gasteiger partial charge in [-0.3, -0.25) is 0 Å². The number of fused-ring (bicyclic) bond motifs is 9. The number of para-hydroxylation sites is 2. The zero-order valence-corrected chi connectivity index (χ0v) is 21.8. The maximum absolute atomic E-state index is 2.46. The van der Waals surface area contributed by atoms with Crippen LogP contribution in [0.25, 0.3) is 76.5 Å². The van der Waals surface area contributed by atoms with Crippen molar-refractivity contribution in [2.75, 3.05) is 0 Å². The summed E-state index contributed by atoms with van der Waals surface area (Å²) in [6.07, 6.45) is 0. The Bertz CT molecular complexity index is 2420. The molecule has 2 heteroatoms. The zero-order valence-electron chi connectivity index (χ0n) is 21.8.